The molecule has 1 heterocycles. The van der Waals surface area contributed by atoms with E-state index in [0.29, 0.717) is 24.6 Å². The first kappa shape index (κ1) is 14.7. The fourth-order valence-electron chi connectivity index (χ4n) is 2.43. The van der Waals surface area contributed by atoms with E-state index >= 15 is 0 Å². The third kappa shape index (κ3) is 2.75. The Morgan fingerprint density at radius 2 is 1.90 bits per heavy atom. The molecule has 0 fully saturated rings. The van der Waals surface area contributed by atoms with Gasteiger partial charge in [-0.3, -0.25) is 4.99 Å². The van der Waals surface area contributed by atoms with E-state index in [0.717, 1.165) is 12.6 Å². The topological polar surface area (TPSA) is 44.9 Å². The summed E-state index contributed by atoms with van der Waals surface area (Å²) < 4.78 is 26.9. The summed E-state index contributed by atoms with van der Waals surface area (Å²) in [5, 5.41) is 0. The molecule has 0 aliphatic carbocycles. The minimum atomic E-state index is -0.608. The highest BCUT2D eigenvalue weighted by molar-refractivity contribution is 5.81. The second-order valence-corrected chi connectivity index (χ2v) is 5.56. The van der Waals surface area contributed by atoms with Crippen molar-refractivity contribution in [1.29, 1.82) is 0 Å². The minimum Gasteiger partial charge on any atom is -0.370 e. The Morgan fingerprint density at radius 3 is 2.45 bits per heavy atom. The summed E-state index contributed by atoms with van der Waals surface area (Å²) in [7, 11) is 3.92. The van der Waals surface area contributed by atoms with Crippen LogP contribution in [-0.2, 0) is 5.54 Å². The predicted octanol–water partition coefficient (Wildman–Crippen LogP) is 1.37. The lowest BCUT2D eigenvalue weighted by Crippen LogP contribution is -2.49. The van der Waals surface area contributed by atoms with Crippen molar-refractivity contribution in [3.05, 3.63) is 35.4 Å². The van der Waals surface area contributed by atoms with Crippen LogP contribution in [0, 0.1) is 11.6 Å². The number of nitrogens with two attached hydrogens (primary N) is 1. The van der Waals surface area contributed by atoms with E-state index in [1.165, 1.54) is 12.1 Å². The summed E-state index contributed by atoms with van der Waals surface area (Å²) >= 11 is 0. The summed E-state index contributed by atoms with van der Waals surface area (Å²) in [4.78, 5) is 8.17. The summed E-state index contributed by atoms with van der Waals surface area (Å²) in [6.07, 6.45) is 0. The van der Waals surface area contributed by atoms with Crippen LogP contribution in [-0.4, -0.2) is 49.5 Å². The van der Waals surface area contributed by atoms with E-state index in [1.54, 1.807) is 0 Å². The number of aliphatic imine (C=N–C) groups is 1. The lowest BCUT2D eigenvalue weighted by atomic mass is 9.91. The normalized spacial score (nSPS) is 22.5. The minimum absolute atomic E-state index is 0.398. The van der Waals surface area contributed by atoms with Crippen LogP contribution < -0.4 is 5.73 Å². The Bertz CT molecular complexity index is 510. The maximum absolute atomic E-state index is 13.5. The molecule has 1 aliphatic rings. The number of benzene rings is 1. The van der Waals surface area contributed by atoms with Gasteiger partial charge in [0.2, 0.25) is 0 Å². The van der Waals surface area contributed by atoms with Crippen LogP contribution in [0.3, 0.4) is 0 Å². The van der Waals surface area contributed by atoms with Crippen LogP contribution in [0.15, 0.2) is 23.2 Å². The third-order valence-corrected chi connectivity index (χ3v) is 3.68. The highest BCUT2D eigenvalue weighted by Crippen LogP contribution is 2.33. The number of guanidine groups is 1. The van der Waals surface area contributed by atoms with E-state index in [1.807, 2.05) is 30.8 Å². The highest BCUT2D eigenvalue weighted by atomic mass is 19.1. The molecule has 1 aromatic carbocycles. The molecule has 1 aliphatic heterocycles. The van der Waals surface area contributed by atoms with Gasteiger partial charge >= 0.3 is 0 Å². The Morgan fingerprint density at radius 1 is 1.30 bits per heavy atom. The first-order valence-electron chi connectivity index (χ1n) is 6.52. The molecule has 0 radical (unpaired) electrons. The molecule has 6 heteroatoms. The van der Waals surface area contributed by atoms with Gasteiger partial charge in [-0.2, -0.15) is 0 Å². The zero-order chi connectivity index (χ0) is 14.9. The molecular weight excluding hydrogens is 262 g/mol. The van der Waals surface area contributed by atoms with Crippen LogP contribution >= 0.6 is 0 Å². The highest BCUT2D eigenvalue weighted by Gasteiger charge is 2.39. The zero-order valence-electron chi connectivity index (χ0n) is 12.0. The molecule has 110 valence electrons. The average Bonchev–Trinajstić information content (AvgIpc) is 2.63. The third-order valence-electron chi connectivity index (χ3n) is 3.68. The van der Waals surface area contributed by atoms with Crippen LogP contribution in [0.4, 0.5) is 8.78 Å². The molecule has 2 N–H and O–H groups in total. The first-order chi connectivity index (χ1) is 9.33. The van der Waals surface area contributed by atoms with E-state index in [-0.39, 0.29) is 0 Å². The summed E-state index contributed by atoms with van der Waals surface area (Å²) in [6.45, 7) is 3.73. The largest absolute Gasteiger partial charge is 0.370 e. The SMILES string of the molecule is CN(C)CCN1C(N)=NCC1(C)c1cc(F)cc(F)c1. The van der Waals surface area contributed by atoms with Crippen molar-refractivity contribution in [2.45, 2.75) is 12.5 Å². The predicted molar refractivity (Wildman–Crippen MR) is 75.5 cm³/mol. The van der Waals surface area contributed by atoms with Gasteiger partial charge in [-0.15, -0.1) is 0 Å². The van der Waals surface area contributed by atoms with Gasteiger partial charge in [-0.25, -0.2) is 8.78 Å². The van der Waals surface area contributed by atoms with Crippen molar-refractivity contribution in [2.75, 3.05) is 33.7 Å². The van der Waals surface area contributed by atoms with Crippen LogP contribution in [0.2, 0.25) is 0 Å². The van der Waals surface area contributed by atoms with Gasteiger partial charge in [0.25, 0.3) is 0 Å². The number of hydrogen-bond acceptors (Lipinski definition) is 4. The molecule has 4 nitrogen and oxygen atoms in total. The fraction of sp³-hybridized carbons (Fsp3) is 0.500. The smallest absolute Gasteiger partial charge is 0.192 e. The van der Waals surface area contributed by atoms with Crippen molar-refractivity contribution in [1.82, 2.24) is 9.80 Å². The van der Waals surface area contributed by atoms with Gasteiger partial charge in [0.1, 0.15) is 11.6 Å². The Hall–Kier alpha value is -1.69. The van der Waals surface area contributed by atoms with Gasteiger partial charge in [0.15, 0.2) is 5.96 Å². The summed E-state index contributed by atoms with van der Waals surface area (Å²) in [6, 6.07) is 3.57. The molecule has 0 spiro atoms. The molecule has 0 aromatic heterocycles. The van der Waals surface area contributed by atoms with Gasteiger partial charge in [-0.1, -0.05) is 0 Å². The van der Waals surface area contributed by atoms with Gasteiger partial charge in [0, 0.05) is 19.2 Å². The molecule has 1 unspecified atom stereocenters. The maximum atomic E-state index is 13.5. The standard InChI is InChI=1S/C14H20F2N4/c1-14(10-6-11(15)8-12(16)7-10)9-18-13(17)20(14)5-4-19(2)3/h6-8H,4-5,9H2,1-3H3,(H2,17,18). The number of nitrogens with zero attached hydrogens (tertiary/aromatic N) is 3. The van der Waals surface area contributed by atoms with Crippen LogP contribution in [0.5, 0.6) is 0 Å². The lowest BCUT2D eigenvalue weighted by Gasteiger charge is -2.37. The number of rotatable bonds is 4. The molecular formula is C14H20F2N4. The van der Waals surface area contributed by atoms with Crippen LogP contribution in [0.25, 0.3) is 0 Å². The zero-order valence-corrected chi connectivity index (χ0v) is 12.0. The average molecular weight is 282 g/mol. The number of likely N-dealkylation sites (N-methyl/N-ethyl adjacent to an activating group) is 1. The Balaban J connectivity index is 2.31. The van der Waals surface area contributed by atoms with Crippen molar-refractivity contribution < 1.29 is 8.78 Å². The van der Waals surface area contributed by atoms with Crippen molar-refractivity contribution in [3.63, 3.8) is 0 Å². The second-order valence-electron chi connectivity index (χ2n) is 5.56. The monoisotopic (exact) mass is 282 g/mol. The van der Waals surface area contributed by atoms with Gasteiger partial charge in [0.05, 0.1) is 12.1 Å². The fourth-order valence-corrected chi connectivity index (χ4v) is 2.43. The molecule has 2 rings (SSSR count). The molecule has 0 saturated carbocycles. The summed E-state index contributed by atoms with van der Waals surface area (Å²) in [5.41, 5.74) is 5.87. The lowest BCUT2D eigenvalue weighted by molar-refractivity contribution is 0.204. The summed E-state index contributed by atoms with van der Waals surface area (Å²) in [5.74, 6) is -0.752. The van der Waals surface area contributed by atoms with Crippen molar-refractivity contribution in [2.24, 2.45) is 10.7 Å². The molecule has 20 heavy (non-hydrogen) atoms. The van der Waals surface area contributed by atoms with E-state index in [2.05, 4.69) is 4.99 Å². The molecule has 1 atom stereocenters. The molecule has 0 amide bonds. The molecule has 1 aromatic rings. The van der Waals surface area contributed by atoms with E-state index < -0.39 is 17.2 Å². The van der Waals surface area contributed by atoms with E-state index in [9.17, 15) is 8.78 Å². The van der Waals surface area contributed by atoms with Crippen molar-refractivity contribution >= 4 is 5.96 Å². The van der Waals surface area contributed by atoms with E-state index in [4.69, 9.17) is 5.73 Å². The first-order valence-corrected chi connectivity index (χ1v) is 6.52. The quantitative estimate of drug-likeness (QED) is 0.907. The Kier molecular flexibility index (Phi) is 3.94. The number of hydrogen-bond donors (Lipinski definition) is 1. The second kappa shape index (κ2) is 5.36. The van der Waals surface area contributed by atoms with Crippen molar-refractivity contribution in [3.8, 4) is 0 Å². The van der Waals surface area contributed by atoms with Crippen LogP contribution in [0.1, 0.15) is 12.5 Å². The number of halogens is 2. The molecule has 0 saturated heterocycles. The maximum Gasteiger partial charge on any atom is 0.192 e. The van der Waals surface area contributed by atoms with Gasteiger partial charge in [-0.05, 0) is 38.7 Å². The molecule has 0 bridgehead atoms. The van der Waals surface area contributed by atoms with Gasteiger partial charge < -0.3 is 15.5 Å². The Labute approximate surface area is 117 Å².